The lowest BCUT2D eigenvalue weighted by molar-refractivity contribution is 0.621. The summed E-state index contributed by atoms with van der Waals surface area (Å²) in [5.41, 5.74) is 1.20. The van der Waals surface area contributed by atoms with Gasteiger partial charge in [-0.15, -0.1) is 0 Å². The Kier molecular flexibility index (Phi) is 3.94. The van der Waals surface area contributed by atoms with Crippen LogP contribution in [-0.4, -0.2) is 11.5 Å². The Balaban J connectivity index is 1.83. The second-order valence-electron chi connectivity index (χ2n) is 3.66. The summed E-state index contributed by atoms with van der Waals surface area (Å²) >= 11 is 5.80. The maximum Gasteiger partial charge on any atom is 0.141 e. The molecule has 0 unspecified atom stereocenters. The Labute approximate surface area is 104 Å². The number of hydrogen-bond donors (Lipinski definition) is 1. The molecular formula is C13H12ClFN2. The summed E-state index contributed by atoms with van der Waals surface area (Å²) in [5, 5.41) is 3.86. The van der Waals surface area contributed by atoms with Crippen molar-refractivity contribution in [2.45, 2.75) is 6.42 Å². The number of aromatic nitrogens is 1. The molecule has 0 aliphatic carbocycles. The Bertz CT molecular complexity index is 422. The second kappa shape index (κ2) is 5.64. The van der Waals surface area contributed by atoms with Crippen molar-refractivity contribution in [3.8, 4) is 0 Å². The van der Waals surface area contributed by atoms with Gasteiger partial charge in [-0.25, -0.2) is 9.37 Å². The fourth-order valence-corrected chi connectivity index (χ4v) is 1.59. The fourth-order valence-electron chi connectivity index (χ4n) is 1.47. The van der Waals surface area contributed by atoms with E-state index in [0.717, 1.165) is 18.0 Å². The van der Waals surface area contributed by atoms with Crippen molar-refractivity contribution in [1.29, 1.82) is 0 Å². The van der Waals surface area contributed by atoms with Crippen molar-refractivity contribution in [3.63, 3.8) is 0 Å². The minimum Gasteiger partial charge on any atom is -0.370 e. The molecule has 0 saturated carbocycles. The second-order valence-corrected chi connectivity index (χ2v) is 4.10. The first-order valence-electron chi connectivity index (χ1n) is 5.34. The number of anilines is 1. The smallest absolute Gasteiger partial charge is 0.141 e. The molecule has 0 radical (unpaired) electrons. The van der Waals surface area contributed by atoms with Crippen LogP contribution in [0.2, 0.25) is 5.02 Å². The molecule has 4 heteroatoms. The molecule has 0 aliphatic rings. The zero-order chi connectivity index (χ0) is 12.1. The van der Waals surface area contributed by atoms with Crippen molar-refractivity contribution < 1.29 is 4.39 Å². The Morgan fingerprint density at radius 3 is 2.53 bits per heavy atom. The van der Waals surface area contributed by atoms with Crippen molar-refractivity contribution in [2.75, 3.05) is 11.9 Å². The summed E-state index contributed by atoms with van der Waals surface area (Å²) in [4.78, 5) is 3.92. The van der Waals surface area contributed by atoms with E-state index in [1.165, 1.54) is 17.8 Å². The summed E-state index contributed by atoms with van der Waals surface area (Å²) in [6.45, 7) is 0.750. The molecule has 17 heavy (non-hydrogen) atoms. The van der Waals surface area contributed by atoms with Crippen LogP contribution in [0.25, 0.3) is 0 Å². The van der Waals surface area contributed by atoms with Crippen molar-refractivity contribution in [1.82, 2.24) is 4.98 Å². The average Bonchev–Trinajstić information content (AvgIpc) is 2.34. The SMILES string of the molecule is Fc1ccc(NCCc2ccc(Cl)cc2)nc1. The van der Waals surface area contributed by atoms with Crippen molar-refractivity contribution in [3.05, 3.63) is 59.0 Å². The maximum atomic E-state index is 12.6. The average molecular weight is 251 g/mol. The highest BCUT2D eigenvalue weighted by Crippen LogP contribution is 2.10. The van der Waals surface area contributed by atoms with Crippen LogP contribution in [0.4, 0.5) is 10.2 Å². The molecule has 2 nitrogen and oxygen atoms in total. The molecule has 0 spiro atoms. The molecule has 0 atom stereocenters. The third-order valence-corrected chi connectivity index (χ3v) is 2.61. The lowest BCUT2D eigenvalue weighted by atomic mass is 10.1. The molecule has 0 amide bonds. The summed E-state index contributed by atoms with van der Waals surface area (Å²) in [6.07, 6.45) is 2.07. The fraction of sp³-hybridized carbons (Fsp3) is 0.154. The van der Waals surface area contributed by atoms with E-state index >= 15 is 0 Å². The number of nitrogens with one attached hydrogen (secondary N) is 1. The van der Waals surface area contributed by atoms with E-state index in [1.807, 2.05) is 24.3 Å². The standard InChI is InChI=1S/C13H12ClFN2/c14-11-3-1-10(2-4-11)7-8-16-13-6-5-12(15)9-17-13/h1-6,9H,7-8H2,(H,16,17). The normalized spacial score (nSPS) is 10.2. The zero-order valence-corrected chi connectivity index (χ0v) is 9.91. The Morgan fingerprint density at radius 2 is 1.88 bits per heavy atom. The van der Waals surface area contributed by atoms with Gasteiger partial charge >= 0.3 is 0 Å². The number of pyridine rings is 1. The van der Waals surface area contributed by atoms with E-state index in [-0.39, 0.29) is 5.82 Å². The molecular weight excluding hydrogens is 239 g/mol. The highest BCUT2D eigenvalue weighted by molar-refractivity contribution is 6.30. The van der Waals surface area contributed by atoms with Crippen LogP contribution in [0.1, 0.15) is 5.56 Å². The lowest BCUT2D eigenvalue weighted by Crippen LogP contribution is -2.06. The number of benzene rings is 1. The van der Waals surface area contributed by atoms with Gasteiger partial charge in [-0.3, -0.25) is 0 Å². The molecule has 1 N–H and O–H groups in total. The minimum atomic E-state index is -0.326. The molecule has 1 heterocycles. The van der Waals surface area contributed by atoms with E-state index in [0.29, 0.717) is 5.82 Å². The molecule has 88 valence electrons. The first-order valence-corrected chi connectivity index (χ1v) is 5.72. The van der Waals surface area contributed by atoms with Gasteiger partial charge in [0.25, 0.3) is 0 Å². The number of rotatable bonds is 4. The molecule has 2 aromatic rings. The predicted molar refractivity (Wildman–Crippen MR) is 67.8 cm³/mol. The number of halogens is 2. The van der Waals surface area contributed by atoms with Crippen LogP contribution in [0, 0.1) is 5.82 Å². The van der Waals surface area contributed by atoms with Crippen LogP contribution in [0.5, 0.6) is 0 Å². The summed E-state index contributed by atoms with van der Waals surface area (Å²) in [7, 11) is 0. The van der Waals surface area contributed by atoms with Gasteiger partial charge in [-0.05, 0) is 36.2 Å². The molecule has 0 fully saturated rings. The van der Waals surface area contributed by atoms with Crippen LogP contribution >= 0.6 is 11.6 Å². The summed E-state index contributed by atoms with van der Waals surface area (Å²) in [5.74, 6) is 0.355. The van der Waals surface area contributed by atoms with Crippen LogP contribution in [0.3, 0.4) is 0 Å². The largest absolute Gasteiger partial charge is 0.370 e. The van der Waals surface area contributed by atoms with E-state index < -0.39 is 0 Å². The van der Waals surface area contributed by atoms with Gasteiger partial charge < -0.3 is 5.32 Å². The quantitative estimate of drug-likeness (QED) is 0.898. The summed E-state index contributed by atoms with van der Waals surface area (Å²) in [6, 6.07) is 10.7. The third kappa shape index (κ3) is 3.71. The summed E-state index contributed by atoms with van der Waals surface area (Å²) < 4.78 is 12.6. The minimum absolute atomic E-state index is 0.326. The predicted octanol–water partition coefficient (Wildman–Crippen LogP) is 3.53. The number of nitrogens with zero attached hydrogens (tertiary/aromatic N) is 1. The van der Waals surface area contributed by atoms with Gasteiger partial charge in [0.2, 0.25) is 0 Å². The van der Waals surface area contributed by atoms with Crippen LogP contribution in [0.15, 0.2) is 42.6 Å². The molecule has 0 saturated heterocycles. The van der Waals surface area contributed by atoms with Gasteiger partial charge in [0.15, 0.2) is 0 Å². The topological polar surface area (TPSA) is 24.9 Å². The first-order chi connectivity index (χ1) is 8.24. The van der Waals surface area contributed by atoms with E-state index in [9.17, 15) is 4.39 Å². The van der Waals surface area contributed by atoms with E-state index in [1.54, 1.807) is 6.07 Å². The highest BCUT2D eigenvalue weighted by Gasteiger charge is 1.96. The van der Waals surface area contributed by atoms with Crippen molar-refractivity contribution >= 4 is 17.4 Å². The monoisotopic (exact) mass is 250 g/mol. The molecule has 0 bridgehead atoms. The maximum absolute atomic E-state index is 12.6. The molecule has 0 aliphatic heterocycles. The lowest BCUT2D eigenvalue weighted by Gasteiger charge is -2.05. The van der Waals surface area contributed by atoms with Crippen molar-refractivity contribution in [2.24, 2.45) is 0 Å². The first kappa shape index (κ1) is 11.9. The zero-order valence-electron chi connectivity index (χ0n) is 9.16. The van der Waals surface area contributed by atoms with E-state index in [4.69, 9.17) is 11.6 Å². The van der Waals surface area contributed by atoms with Gasteiger partial charge in [0.1, 0.15) is 11.6 Å². The van der Waals surface area contributed by atoms with Crippen LogP contribution < -0.4 is 5.32 Å². The van der Waals surface area contributed by atoms with Gasteiger partial charge in [-0.1, -0.05) is 23.7 Å². The van der Waals surface area contributed by atoms with Crippen LogP contribution in [-0.2, 0) is 6.42 Å². The molecule has 1 aromatic carbocycles. The number of hydrogen-bond acceptors (Lipinski definition) is 2. The Morgan fingerprint density at radius 1 is 1.12 bits per heavy atom. The molecule has 1 aromatic heterocycles. The Hall–Kier alpha value is -1.61. The van der Waals surface area contributed by atoms with Gasteiger partial charge in [0, 0.05) is 11.6 Å². The van der Waals surface area contributed by atoms with Gasteiger partial charge in [-0.2, -0.15) is 0 Å². The van der Waals surface area contributed by atoms with Gasteiger partial charge in [0.05, 0.1) is 6.20 Å². The van der Waals surface area contributed by atoms with E-state index in [2.05, 4.69) is 10.3 Å². The third-order valence-electron chi connectivity index (χ3n) is 2.36. The molecule has 2 rings (SSSR count). The highest BCUT2D eigenvalue weighted by atomic mass is 35.5.